The average molecular weight is 447 g/mol. The van der Waals surface area contributed by atoms with Gasteiger partial charge >= 0.3 is 0 Å². The summed E-state index contributed by atoms with van der Waals surface area (Å²) in [7, 11) is 0. The molecule has 176 valence electrons. The highest BCUT2D eigenvalue weighted by Gasteiger charge is 2.26. The van der Waals surface area contributed by atoms with Gasteiger partial charge < -0.3 is 14.6 Å². The predicted octanol–water partition coefficient (Wildman–Crippen LogP) is 8.79. The summed E-state index contributed by atoms with van der Waals surface area (Å²) in [5, 5.41) is 11.0. The third-order valence-electron chi connectivity index (χ3n) is 5.97. The zero-order valence-corrected chi connectivity index (χ0v) is 20.1. The van der Waals surface area contributed by atoms with Gasteiger partial charge in [-0.25, -0.2) is 0 Å². The van der Waals surface area contributed by atoms with Crippen molar-refractivity contribution in [3.8, 4) is 17.2 Å². The lowest BCUT2D eigenvalue weighted by Gasteiger charge is -2.27. The Kier molecular flexibility index (Phi) is 10.2. The van der Waals surface area contributed by atoms with Crippen LogP contribution in [0.15, 0.2) is 78.9 Å². The van der Waals surface area contributed by atoms with Crippen molar-refractivity contribution in [2.75, 3.05) is 0 Å². The third-order valence-corrected chi connectivity index (χ3v) is 5.97. The topological polar surface area (TPSA) is 38.7 Å². The van der Waals surface area contributed by atoms with Crippen LogP contribution in [0.2, 0.25) is 0 Å². The molecule has 2 atom stereocenters. The molecule has 0 amide bonds. The molecule has 3 rings (SSSR count). The van der Waals surface area contributed by atoms with Gasteiger partial charge in [-0.2, -0.15) is 0 Å². The summed E-state index contributed by atoms with van der Waals surface area (Å²) >= 11 is 0. The minimum Gasteiger partial charge on any atom is -0.508 e. The molecule has 0 aromatic heterocycles. The fourth-order valence-corrected chi connectivity index (χ4v) is 4.23. The van der Waals surface area contributed by atoms with Crippen LogP contribution in [0.3, 0.4) is 0 Å². The van der Waals surface area contributed by atoms with E-state index in [1.807, 2.05) is 66.7 Å². The van der Waals surface area contributed by atoms with Crippen molar-refractivity contribution >= 4 is 0 Å². The van der Waals surface area contributed by atoms with Crippen LogP contribution in [0, 0.1) is 0 Å². The zero-order chi connectivity index (χ0) is 23.3. The fraction of sp³-hybridized carbons (Fsp3) is 0.400. The van der Waals surface area contributed by atoms with E-state index in [1.54, 1.807) is 6.07 Å². The minimum atomic E-state index is -0.233. The summed E-state index contributed by atoms with van der Waals surface area (Å²) in [5.74, 6) is 1.95. The number of hydrogen-bond acceptors (Lipinski definition) is 3. The summed E-state index contributed by atoms with van der Waals surface area (Å²) in [4.78, 5) is 0. The molecule has 3 nitrogen and oxygen atoms in total. The van der Waals surface area contributed by atoms with Gasteiger partial charge in [0.2, 0.25) is 0 Å². The predicted molar refractivity (Wildman–Crippen MR) is 136 cm³/mol. The largest absolute Gasteiger partial charge is 0.508 e. The Morgan fingerprint density at radius 3 is 1.67 bits per heavy atom. The smallest absolute Gasteiger partial charge is 0.128 e. The molecular formula is C30H38O3. The van der Waals surface area contributed by atoms with Crippen molar-refractivity contribution in [1.82, 2.24) is 0 Å². The molecule has 0 saturated carbocycles. The first kappa shape index (κ1) is 24.7. The van der Waals surface area contributed by atoms with Crippen LogP contribution in [-0.2, 0) is 0 Å². The first-order valence-electron chi connectivity index (χ1n) is 12.5. The maximum Gasteiger partial charge on any atom is 0.128 e. The first-order valence-corrected chi connectivity index (χ1v) is 12.5. The molecule has 0 spiro atoms. The molecule has 0 radical (unpaired) electrons. The number of phenols is 1. The molecule has 33 heavy (non-hydrogen) atoms. The molecule has 3 aromatic rings. The van der Waals surface area contributed by atoms with Crippen molar-refractivity contribution in [3.63, 3.8) is 0 Å². The number of phenolic OH excluding ortho intramolecular Hbond substituents is 1. The van der Waals surface area contributed by atoms with E-state index < -0.39 is 0 Å². The first-order chi connectivity index (χ1) is 16.2. The lowest BCUT2D eigenvalue weighted by Crippen LogP contribution is -2.16. The lowest BCUT2D eigenvalue weighted by atomic mass is 9.91. The Hall–Kier alpha value is -2.94. The van der Waals surface area contributed by atoms with Gasteiger partial charge in [0.05, 0.1) is 0 Å². The molecule has 3 heteroatoms. The third kappa shape index (κ3) is 7.56. The number of hydrogen-bond donors (Lipinski definition) is 1. The second-order valence-electron chi connectivity index (χ2n) is 8.61. The van der Waals surface area contributed by atoms with Crippen LogP contribution in [-0.4, -0.2) is 5.11 Å². The van der Waals surface area contributed by atoms with Crippen molar-refractivity contribution in [1.29, 1.82) is 0 Å². The molecule has 0 aliphatic rings. The summed E-state index contributed by atoms with van der Waals surface area (Å²) in [6.07, 6.45) is 8.07. The van der Waals surface area contributed by atoms with Gasteiger partial charge in [0.1, 0.15) is 29.5 Å². The molecule has 2 unspecified atom stereocenters. The van der Waals surface area contributed by atoms with Gasteiger partial charge in [-0.05, 0) is 56.0 Å². The van der Waals surface area contributed by atoms with Crippen LogP contribution in [0.25, 0.3) is 0 Å². The van der Waals surface area contributed by atoms with Crippen LogP contribution in [0.4, 0.5) is 0 Å². The normalized spacial score (nSPS) is 12.8. The molecule has 3 aromatic carbocycles. The highest BCUT2D eigenvalue weighted by Crippen LogP contribution is 2.40. The van der Waals surface area contributed by atoms with Crippen LogP contribution in [0.5, 0.6) is 17.2 Å². The molecule has 0 heterocycles. The average Bonchev–Trinajstić information content (AvgIpc) is 2.84. The van der Waals surface area contributed by atoms with E-state index >= 15 is 0 Å². The molecule has 1 N–H and O–H groups in total. The van der Waals surface area contributed by atoms with Crippen molar-refractivity contribution in [3.05, 3.63) is 90.0 Å². The highest BCUT2D eigenvalue weighted by atomic mass is 16.5. The van der Waals surface area contributed by atoms with E-state index in [0.717, 1.165) is 74.0 Å². The fourth-order valence-electron chi connectivity index (χ4n) is 4.23. The summed E-state index contributed by atoms with van der Waals surface area (Å²) in [5.41, 5.74) is 1.88. The summed E-state index contributed by atoms with van der Waals surface area (Å²) in [6.45, 7) is 4.42. The maximum absolute atomic E-state index is 11.0. The second-order valence-corrected chi connectivity index (χ2v) is 8.61. The number of rotatable bonds is 14. The van der Waals surface area contributed by atoms with E-state index in [2.05, 4.69) is 19.9 Å². The molecule has 0 aliphatic carbocycles. The summed E-state index contributed by atoms with van der Waals surface area (Å²) < 4.78 is 13.0. The van der Waals surface area contributed by atoms with Crippen molar-refractivity contribution in [2.45, 2.75) is 77.4 Å². The van der Waals surface area contributed by atoms with Crippen LogP contribution in [0.1, 0.15) is 88.5 Å². The van der Waals surface area contributed by atoms with E-state index in [1.165, 1.54) is 0 Å². The van der Waals surface area contributed by atoms with Crippen molar-refractivity contribution in [2.24, 2.45) is 0 Å². The van der Waals surface area contributed by atoms with E-state index in [4.69, 9.17) is 9.47 Å². The standard InChI is InChI=1S/C30H38O3/c1-3-5-9-22-28(32-24-16-11-7-12-17-24)26-20-15-21-27(31)30(26)29(23-10-6-4-2)33-25-18-13-8-14-19-25/h7-8,11-21,28-29,31H,3-6,9-10,22-23H2,1-2H3. The van der Waals surface area contributed by atoms with Gasteiger partial charge in [-0.15, -0.1) is 0 Å². The Balaban J connectivity index is 1.97. The Bertz CT molecular complexity index is 924. The van der Waals surface area contributed by atoms with E-state index in [-0.39, 0.29) is 18.0 Å². The quantitative estimate of drug-likeness (QED) is 0.251. The van der Waals surface area contributed by atoms with Gasteiger partial charge in [0, 0.05) is 11.1 Å². The van der Waals surface area contributed by atoms with Gasteiger partial charge in [-0.3, -0.25) is 0 Å². The number of ether oxygens (including phenoxy) is 2. The lowest BCUT2D eigenvalue weighted by molar-refractivity contribution is 0.164. The SMILES string of the molecule is CCCCCC(Oc1ccccc1)c1cccc(O)c1C(CCCCC)Oc1ccccc1. The highest BCUT2D eigenvalue weighted by molar-refractivity contribution is 5.43. The molecule has 0 saturated heterocycles. The van der Waals surface area contributed by atoms with E-state index in [9.17, 15) is 5.11 Å². The Morgan fingerprint density at radius 1 is 0.606 bits per heavy atom. The van der Waals surface area contributed by atoms with Gasteiger partial charge in [-0.1, -0.05) is 88.1 Å². The molecule has 0 fully saturated rings. The second kappa shape index (κ2) is 13.6. The van der Waals surface area contributed by atoms with Crippen LogP contribution >= 0.6 is 0 Å². The number of aromatic hydroxyl groups is 1. The monoisotopic (exact) mass is 446 g/mol. The molecule has 0 bridgehead atoms. The minimum absolute atomic E-state index is 0.144. The number of benzene rings is 3. The van der Waals surface area contributed by atoms with Crippen molar-refractivity contribution < 1.29 is 14.6 Å². The Morgan fingerprint density at radius 2 is 1.12 bits per heavy atom. The molecular weight excluding hydrogens is 408 g/mol. The Labute approximate surface area is 199 Å². The van der Waals surface area contributed by atoms with Crippen LogP contribution < -0.4 is 9.47 Å². The van der Waals surface area contributed by atoms with Gasteiger partial charge in [0.25, 0.3) is 0 Å². The van der Waals surface area contributed by atoms with E-state index in [0.29, 0.717) is 0 Å². The number of unbranched alkanes of at least 4 members (excludes halogenated alkanes) is 4. The van der Waals surface area contributed by atoms with Gasteiger partial charge in [0.15, 0.2) is 0 Å². The zero-order valence-electron chi connectivity index (χ0n) is 20.1. The molecule has 0 aliphatic heterocycles. The number of para-hydroxylation sites is 2. The summed E-state index contributed by atoms with van der Waals surface area (Å²) in [6, 6.07) is 25.7. The maximum atomic E-state index is 11.0.